The zero-order chi connectivity index (χ0) is 20.9. The number of ether oxygens (including phenoxy) is 1. The van der Waals surface area contributed by atoms with Crippen LogP contribution >= 0.6 is 23.2 Å². The number of amides is 1. The molecule has 0 saturated carbocycles. The van der Waals surface area contributed by atoms with Crippen LogP contribution in [0.15, 0.2) is 77.7 Å². The molecule has 6 nitrogen and oxygen atoms in total. The molecule has 9 heteroatoms. The summed E-state index contributed by atoms with van der Waals surface area (Å²) in [5.74, 6) is 0.0631. The molecule has 0 bridgehead atoms. The van der Waals surface area contributed by atoms with Crippen LogP contribution in [0.3, 0.4) is 0 Å². The van der Waals surface area contributed by atoms with E-state index in [4.69, 9.17) is 27.9 Å². The zero-order valence-corrected chi connectivity index (χ0v) is 17.3. The highest BCUT2D eigenvalue weighted by Gasteiger charge is 2.17. The molecular weight excluding hydrogens is 435 g/mol. The van der Waals surface area contributed by atoms with Crippen molar-refractivity contribution in [3.63, 3.8) is 0 Å². The molecule has 0 saturated heterocycles. The number of halogens is 2. The van der Waals surface area contributed by atoms with Gasteiger partial charge in [0.25, 0.3) is 15.9 Å². The van der Waals surface area contributed by atoms with Gasteiger partial charge in [-0.15, -0.1) is 0 Å². The minimum Gasteiger partial charge on any atom is -0.484 e. The lowest BCUT2D eigenvalue weighted by atomic mass is 10.3. The molecule has 0 aromatic heterocycles. The van der Waals surface area contributed by atoms with E-state index in [1.165, 1.54) is 18.2 Å². The summed E-state index contributed by atoms with van der Waals surface area (Å²) in [5, 5.41) is 3.24. The molecule has 0 atom stereocenters. The standard InChI is InChI=1S/C20H16Cl2N2O4S/c21-14-6-8-15(9-7-14)24-29(26,27)17-10-11-18(22)19(12-17)23-20(25)13-28-16-4-2-1-3-5-16/h1-12,24H,13H2,(H,23,25). The highest BCUT2D eigenvalue weighted by molar-refractivity contribution is 7.92. The van der Waals surface area contributed by atoms with Crippen LogP contribution in [-0.2, 0) is 14.8 Å². The Morgan fingerprint density at radius 1 is 0.931 bits per heavy atom. The van der Waals surface area contributed by atoms with Crippen LogP contribution in [-0.4, -0.2) is 20.9 Å². The van der Waals surface area contributed by atoms with E-state index in [0.717, 1.165) is 0 Å². The first kappa shape index (κ1) is 21.0. The van der Waals surface area contributed by atoms with Gasteiger partial charge >= 0.3 is 0 Å². The largest absolute Gasteiger partial charge is 0.484 e. The van der Waals surface area contributed by atoms with Crippen molar-refractivity contribution < 1.29 is 17.9 Å². The summed E-state index contributed by atoms with van der Waals surface area (Å²) in [5.41, 5.74) is 0.513. The van der Waals surface area contributed by atoms with Gasteiger partial charge in [0, 0.05) is 10.7 Å². The SMILES string of the molecule is O=C(COc1ccccc1)Nc1cc(S(=O)(=O)Nc2ccc(Cl)cc2)ccc1Cl. The molecule has 3 aromatic carbocycles. The van der Waals surface area contributed by atoms with Crippen LogP contribution in [0.5, 0.6) is 5.75 Å². The number of rotatable bonds is 7. The number of benzene rings is 3. The van der Waals surface area contributed by atoms with Crippen LogP contribution in [0.4, 0.5) is 11.4 Å². The molecule has 0 aliphatic heterocycles. The third-order valence-corrected chi connectivity index (χ3v) is 5.69. The molecule has 3 rings (SSSR count). The maximum atomic E-state index is 12.6. The summed E-state index contributed by atoms with van der Waals surface area (Å²) >= 11 is 11.9. The fourth-order valence-electron chi connectivity index (χ4n) is 2.35. The Balaban J connectivity index is 1.71. The monoisotopic (exact) mass is 450 g/mol. The lowest BCUT2D eigenvalue weighted by Crippen LogP contribution is -2.21. The number of para-hydroxylation sites is 1. The number of anilines is 2. The summed E-state index contributed by atoms with van der Waals surface area (Å²) in [4.78, 5) is 12.1. The number of hydrogen-bond donors (Lipinski definition) is 2. The zero-order valence-electron chi connectivity index (χ0n) is 14.9. The molecule has 0 spiro atoms. The molecule has 2 N–H and O–H groups in total. The van der Waals surface area contributed by atoms with Crippen molar-refractivity contribution in [2.24, 2.45) is 0 Å². The van der Waals surface area contributed by atoms with E-state index in [-0.39, 0.29) is 22.2 Å². The summed E-state index contributed by atoms with van der Waals surface area (Å²) < 4.78 is 33.1. The van der Waals surface area contributed by atoms with Crippen LogP contribution in [0.25, 0.3) is 0 Å². The second-order valence-corrected chi connectivity index (χ2v) is 8.43. The molecule has 1 amide bonds. The van der Waals surface area contributed by atoms with Crippen molar-refractivity contribution in [1.82, 2.24) is 0 Å². The van der Waals surface area contributed by atoms with Gasteiger partial charge in [-0.1, -0.05) is 41.4 Å². The van der Waals surface area contributed by atoms with Gasteiger partial charge in [0.1, 0.15) is 5.75 Å². The predicted octanol–water partition coefficient (Wildman–Crippen LogP) is 4.81. The number of nitrogens with one attached hydrogen (secondary N) is 2. The van der Waals surface area contributed by atoms with Gasteiger partial charge < -0.3 is 10.1 Å². The van der Waals surface area contributed by atoms with Crippen molar-refractivity contribution in [2.75, 3.05) is 16.6 Å². The van der Waals surface area contributed by atoms with Gasteiger partial charge in [-0.3, -0.25) is 9.52 Å². The number of carbonyl (C=O) groups is 1. The van der Waals surface area contributed by atoms with Crippen molar-refractivity contribution in [2.45, 2.75) is 4.90 Å². The predicted molar refractivity (Wildman–Crippen MR) is 114 cm³/mol. The summed E-state index contributed by atoms with van der Waals surface area (Å²) in [7, 11) is -3.89. The first-order valence-electron chi connectivity index (χ1n) is 8.39. The third-order valence-electron chi connectivity index (χ3n) is 3.73. The number of sulfonamides is 1. The summed E-state index contributed by atoms with van der Waals surface area (Å²) in [6.07, 6.45) is 0. The first-order valence-corrected chi connectivity index (χ1v) is 10.6. The molecule has 0 radical (unpaired) electrons. The van der Waals surface area contributed by atoms with E-state index in [1.807, 2.05) is 6.07 Å². The molecule has 0 aliphatic rings. The maximum absolute atomic E-state index is 12.6. The fourth-order valence-corrected chi connectivity index (χ4v) is 3.73. The van der Waals surface area contributed by atoms with Crippen LogP contribution in [0.1, 0.15) is 0 Å². The molecule has 0 aliphatic carbocycles. The fraction of sp³-hybridized carbons (Fsp3) is 0.0500. The molecular formula is C20H16Cl2N2O4S. The lowest BCUT2D eigenvalue weighted by molar-refractivity contribution is -0.118. The van der Waals surface area contributed by atoms with Crippen LogP contribution < -0.4 is 14.8 Å². The Hall–Kier alpha value is -2.74. The highest BCUT2D eigenvalue weighted by Crippen LogP contribution is 2.27. The molecule has 0 fully saturated rings. The van der Waals surface area contributed by atoms with Crippen molar-refractivity contribution in [1.29, 1.82) is 0 Å². The van der Waals surface area contributed by atoms with Crippen molar-refractivity contribution in [3.05, 3.63) is 82.8 Å². The Morgan fingerprint density at radius 3 is 2.31 bits per heavy atom. The third kappa shape index (κ3) is 5.87. The Kier molecular flexibility index (Phi) is 6.64. The molecule has 3 aromatic rings. The van der Waals surface area contributed by atoms with E-state index in [1.54, 1.807) is 48.5 Å². The second kappa shape index (κ2) is 9.17. The van der Waals surface area contributed by atoms with Gasteiger partial charge in [0.15, 0.2) is 6.61 Å². The quantitative estimate of drug-likeness (QED) is 0.540. The highest BCUT2D eigenvalue weighted by atomic mass is 35.5. The Morgan fingerprint density at radius 2 is 1.62 bits per heavy atom. The van der Waals surface area contributed by atoms with Crippen LogP contribution in [0, 0.1) is 0 Å². The lowest BCUT2D eigenvalue weighted by Gasteiger charge is -2.12. The minimum atomic E-state index is -3.89. The Labute approximate surface area is 178 Å². The van der Waals surface area contributed by atoms with Gasteiger partial charge in [0.2, 0.25) is 0 Å². The minimum absolute atomic E-state index is 0.0591. The Bertz CT molecular complexity index is 1110. The van der Waals surface area contributed by atoms with Gasteiger partial charge in [-0.2, -0.15) is 0 Å². The maximum Gasteiger partial charge on any atom is 0.262 e. The van der Waals surface area contributed by atoms with E-state index < -0.39 is 15.9 Å². The van der Waals surface area contributed by atoms with E-state index in [9.17, 15) is 13.2 Å². The summed E-state index contributed by atoms with van der Waals surface area (Å²) in [6.45, 7) is -0.250. The average molecular weight is 451 g/mol. The smallest absolute Gasteiger partial charge is 0.262 e. The van der Waals surface area contributed by atoms with Gasteiger partial charge in [0.05, 0.1) is 15.6 Å². The molecule has 150 valence electrons. The van der Waals surface area contributed by atoms with Crippen LogP contribution in [0.2, 0.25) is 10.0 Å². The van der Waals surface area contributed by atoms with E-state index in [2.05, 4.69) is 10.0 Å². The van der Waals surface area contributed by atoms with Crippen molar-refractivity contribution in [3.8, 4) is 5.75 Å². The number of carbonyl (C=O) groups excluding carboxylic acids is 1. The first-order chi connectivity index (χ1) is 13.8. The molecule has 0 unspecified atom stereocenters. The topological polar surface area (TPSA) is 84.5 Å². The van der Waals surface area contributed by atoms with Gasteiger partial charge in [-0.05, 0) is 54.6 Å². The summed E-state index contributed by atoms with van der Waals surface area (Å²) in [6, 6.07) is 19.1. The van der Waals surface area contributed by atoms with E-state index in [0.29, 0.717) is 16.5 Å². The average Bonchev–Trinajstić information content (AvgIpc) is 2.70. The molecule has 29 heavy (non-hydrogen) atoms. The second-order valence-electron chi connectivity index (χ2n) is 5.90. The van der Waals surface area contributed by atoms with E-state index >= 15 is 0 Å². The number of hydrogen-bond acceptors (Lipinski definition) is 4. The molecule has 0 heterocycles. The normalized spacial score (nSPS) is 11.0. The van der Waals surface area contributed by atoms with Crippen molar-refractivity contribution >= 4 is 50.5 Å². The van der Waals surface area contributed by atoms with Gasteiger partial charge in [-0.25, -0.2) is 8.42 Å².